The summed E-state index contributed by atoms with van der Waals surface area (Å²) in [5.41, 5.74) is 0. The van der Waals surface area contributed by atoms with Crippen LogP contribution in [0.4, 0.5) is 11.6 Å². The van der Waals surface area contributed by atoms with E-state index in [0.29, 0.717) is 18.1 Å². The largest absolute Gasteiger partial charge is 0.370 e. The monoisotopic (exact) mass is 291 g/mol. The number of aromatic nitrogens is 2. The molecule has 1 saturated heterocycles. The number of nitrogens with one attached hydrogen (secondary N) is 2. The fraction of sp³-hybridized carbons (Fsp3) is 0.571. The smallest absolute Gasteiger partial charge is 0.249 e. The van der Waals surface area contributed by atoms with Crippen molar-refractivity contribution in [2.45, 2.75) is 39.7 Å². The van der Waals surface area contributed by atoms with Crippen molar-refractivity contribution >= 4 is 23.5 Å². The molecular weight excluding hydrogens is 270 g/mol. The molecule has 0 spiro atoms. The molecule has 1 aromatic heterocycles. The van der Waals surface area contributed by atoms with Crippen LogP contribution < -0.4 is 15.5 Å². The third kappa shape index (κ3) is 3.48. The molecule has 1 unspecified atom stereocenters. The molecule has 0 saturated carbocycles. The zero-order chi connectivity index (χ0) is 15.4. The molecule has 21 heavy (non-hydrogen) atoms. The number of carbonyl (C=O) groups excluding carboxylic acids is 2. The quantitative estimate of drug-likeness (QED) is 0.777. The highest BCUT2D eigenvalue weighted by atomic mass is 16.2. The molecule has 7 nitrogen and oxygen atoms in total. The fourth-order valence-electron chi connectivity index (χ4n) is 2.13. The zero-order valence-corrected chi connectivity index (χ0v) is 12.6. The summed E-state index contributed by atoms with van der Waals surface area (Å²) in [4.78, 5) is 33.9. The SMILES string of the molecule is CCCNc1cc(N2CC(=O)NC(=O)C2C)nc(CC)n1. The number of aryl methyl sites for hydroxylation is 1. The normalized spacial score (nSPS) is 18.6. The van der Waals surface area contributed by atoms with E-state index in [9.17, 15) is 9.59 Å². The van der Waals surface area contributed by atoms with Crippen molar-refractivity contribution in [2.75, 3.05) is 23.3 Å². The molecule has 2 amide bonds. The van der Waals surface area contributed by atoms with Crippen LogP contribution in [0.1, 0.15) is 33.0 Å². The van der Waals surface area contributed by atoms with Crippen molar-refractivity contribution in [3.63, 3.8) is 0 Å². The van der Waals surface area contributed by atoms with E-state index in [2.05, 4.69) is 27.5 Å². The van der Waals surface area contributed by atoms with E-state index in [4.69, 9.17) is 0 Å². The number of piperazine rings is 1. The number of nitrogens with zero attached hydrogens (tertiary/aromatic N) is 3. The van der Waals surface area contributed by atoms with Crippen molar-refractivity contribution in [2.24, 2.45) is 0 Å². The van der Waals surface area contributed by atoms with E-state index in [0.717, 1.165) is 18.8 Å². The maximum absolute atomic E-state index is 11.8. The maximum atomic E-state index is 11.8. The highest BCUT2D eigenvalue weighted by Crippen LogP contribution is 2.20. The van der Waals surface area contributed by atoms with Crippen LogP contribution in [0.25, 0.3) is 0 Å². The van der Waals surface area contributed by atoms with Crippen LogP contribution in [0, 0.1) is 0 Å². The lowest BCUT2D eigenvalue weighted by Crippen LogP contribution is -2.57. The molecular formula is C14H21N5O2. The Labute approximate surface area is 124 Å². The Morgan fingerprint density at radius 3 is 2.81 bits per heavy atom. The van der Waals surface area contributed by atoms with E-state index in [1.807, 2.05) is 6.92 Å². The van der Waals surface area contributed by atoms with Crippen molar-refractivity contribution < 1.29 is 9.59 Å². The molecule has 2 N–H and O–H groups in total. The van der Waals surface area contributed by atoms with E-state index in [1.54, 1.807) is 17.9 Å². The number of hydrogen-bond donors (Lipinski definition) is 2. The summed E-state index contributed by atoms with van der Waals surface area (Å²) in [5, 5.41) is 5.55. The summed E-state index contributed by atoms with van der Waals surface area (Å²) >= 11 is 0. The third-order valence-corrected chi connectivity index (χ3v) is 3.35. The molecule has 1 aliphatic heterocycles. The Morgan fingerprint density at radius 1 is 1.38 bits per heavy atom. The van der Waals surface area contributed by atoms with Gasteiger partial charge in [0.25, 0.3) is 0 Å². The molecule has 0 aromatic carbocycles. The van der Waals surface area contributed by atoms with Gasteiger partial charge in [-0.3, -0.25) is 14.9 Å². The van der Waals surface area contributed by atoms with Crippen LogP contribution in [-0.4, -0.2) is 40.9 Å². The van der Waals surface area contributed by atoms with E-state index in [1.165, 1.54) is 0 Å². The van der Waals surface area contributed by atoms with Gasteiger partial charge in [0.05, 0.1) is 6.54 Å². The van der Waals surface area contributed by atoms with Crippen LogP contribution in [-0.2, 0) is 16.0 Å². The van der Waals surface area contributed by atoms with Crippen molar-refractivity contribution in [3.05, 3.63) is 11.9 Å². The van der Waals surface area contributed by atoms with Gasteiger partial charge in [0.15, 0.2) is 0 Å². The average Bonchev–Trinajstić information content (AvgIpc) is 2.48. The minimum Gasteiger partial charge on any atom is -0.370 e. The van der Waals surface area contributed by atoms with Gasteiger partial charge < -0.3 is 10.2 Å². The second kappa shape index (κ2) is 6.51. The van der Waals surface area contributed by atoms with Crippen LogP contribution in [0.15, 0.2) is 6.07 Å². The average molecular weight is 291 g/mol. The number of amides is 2. The van der Waals surface area contributed by atoms with E-state index < -0.39 is 6.04 Å². The van der Waals surface area contributed by atoms with Gasteiger partial charge in [-0.1, -0.05) is 13.8 Å². The van der Waals surface area contributed by atoms with Gasteiger partial charge in [0, 0.05) is 19.0 Å². The number of rotatable bonds is 5. The predicted octanol–water partition coefficient (Wildman–Crippen LogP) is 0.712. The number of hydrogen-bond acceptors (Lipinski definition) is 6. The molecule has 1 fully saturated rings. The second-order valence-corrected chi connectivity index (χ2v) is 5.02. The zero-order valence-electron chi connectivity index (χ0n) is 12.6. The minimum atomic E-state index is -0.429. The summed E-state index contributed by atoms with van der Waals surface area (Å²) in [6, 6.07) is 1.36. The Hall–Kier alpha value is -2.18. The Kier molecular flexibility index (Phi) is 4.72. The first-order valence-electron chi connectivity index (χ1n) is 7.27. The van der Waals surface area contributed by atoms with E-state index in [-0.39, 0.29) is 18.4 Å². The molecule has 1 aromatic rings. The summed E-state index contributed by atoms with van der Waals surface area (Å²) in [7, 11) is 0. The summed E-state index contributed by atoms with van der Waals surface area (Å²) in [6.45, 7) is 6.75. The summed E-state index contributed by atoms with van der Waals surface area (Å²) in [6.07, 6.45) is 1.68. The Morgan fingerprint density at radius 2 is 2.14 bits per heavy atom. The van der Waals surface area contributed by atoms with E-state index >= 15 is 0 Å². The van der Waals surface area contributed by atoms with Crippen LogP contribution in [0.5, 0.6) is 0 Å². The lowest BCUT2D eigenvalue weighted by atomic mass is 10.2. The molecule has 1 aliphatic rings. The van der Waals surface area contributed by atoms with Crippen molar-refractivity contribution in [3.8, 4) is 0 Å². The lowest BCUT2D eigenvalue weighted by molar-refractivity contribution is -0.132. The van der Waals surface area contributed by atoms with Crippen LogP contribution >= 0.6 is 0 Å². The molecule has 0 radical (unpaired) electrons. The first kappa shape index (κ1) is 15.2. The van der Waals surface area contributed by atoms with Crippen LogP contribution in [0.2, 0.25) is 0 Å². The topological polar surface area (TPSA) is 87.2 Å². The van der Waals surface area contributed by atoms with Gasteiger partial charge in [0.2, 0.25) is 11.8 Å². The second-order valence-electron chi connectivity index (χ2n) is 5.02. The summed E-state index contributed by atoms with van der Waals surface area (Å²) < 4.78 is 0. The predicted molar refractivity (Wildman–Crippen MR) is 80.1 cm³/mol. The minimum absolute atomic E-state index is 0.125. The van der Waals surface area contributed by atoms with Gasteiger partial charge >= 0.3 is 0 Å². The van der Waals surface area contributed by atoms with Crippen LogP contribution in [0.3, 0.4) is 0 Å². The number of anilines is 2. The molecule has 0 aliphatic carbocycles. The number of imide groups is 1. The Balaban J connectivity index is 2.32. The molecule has 114 valence electrons. The third-order valence-electron chi connectivity index (χ3n) is 3.35. The molecule has 7 heteroatoms. The van der Waals surface area contributed by atoms with Gasteiger partial charge in [-0.2, -0.15) is 0 Å². The standard InChI is InChI=1S/C14H21N5O2/c1-4-6-15-11-7-12(17-10(5-2)16-11)19-8-13(20)18-14(21)9(19)3/h7,9H,4-6,8H2,1-3H3,(H,15,16,17)(H,18,20,21). The molecule has 0 bridgehead atoms. The summed E-state index contributed by atoms with van der Waals surface area (Å²) in [5.74, 6) is 1.42. The first-order valence-corrected chi connectivity index (χ1v) is 7.27. The molecule has 2 heterocycles. The maximum Gasteiger partial charge on any atom is 0.249 e. The highest BCUT2D eigenvalue weighted by molar-refractivity contribution is 6.04. The fourth-order valence-corrected chi connectivity index (χ4v) is 2.13. The van der Waals surface area contributed by atoms with Crippen molar-refractivity contribution in [1.29, 1.82) is 0 Å². The number of carbonyl (C=O) groups is 2. The highest BCUT2D eigenvalue weighted by Gasteiger charge is 2.31. The lowest BCUT2D eigenvalue weighted by Gasteiger charge is -2.32. The Bertz CT molecular complexity index is 546. The first-order chi connectivity index (χ1) is 10.0. The van der Waals surface area contributed by atoms with Gasteiger partial charge in [-0.05, 0) is 13.3 Å². The van der Waals surface area contributed by atoms with Crippen molar-refractivity contribution in [1.82, 2.24) is 15.3 Å². The molecule has 2 rings (SSSR count). The van der Waals surface area contributed by atoms with Gasteiger partial charge in [0.1, 0.15) is 23.5 Å². The van der Waals surface area contributed by atoms with Gasteiger partial charge in [-0.15, -0.1) is 0 Å². The molecule has 1 atom stereocenters. The van der Waals surface area contributed by atoms with Gasteiger partial charge in [-0.25, -0.2) is 9.97 Å².